The van der Waals surface area contributed by atoms with Crippen molar-refractivity contribution < 1.29 is 18.3 Å². The Labute approximate surface area is 186 Å². The number of rotatable bonds is 7. The minimum absolute atomic E-state index is 0.162. The van der Waals surface area contributed by atoms with Crippen molar-refractivity contribution in [3.63, 3.8) is 0 Å². The molecule has 162 valence electrons. The van der Waals surface area contributed by atoms with Gasteiger partial charge in [0.1, 0.15) is 0 Å². The van der Waals surface area contributed by atoms with Gasteiger partial charge in [-0.05, 0) is 51.3 Å². The SMILES string of the molecule is CCOC(=O)CC(C1=c2ccccc2=CC1=C(c1ccccc1)c1ccccc1)C(F)F. The van der Waals surface area contributed by atoms with Crippen molar-refractivity contribution in [2.75, 3.05) is 6.61 Å². The highest BCUT2D eigenvalue weighted by molar-refractivity contribution is 6.00. The molecule has 3 aromatic carbocycles. The monoisotopic (exact) mass is 430 g/mol. The Bertz CT molecular complexity index is 1200. The first-order chi connectivity index (χ1) is 15.6. The van der Waals surface area contributed by atoms with E-state index in [1.165, 1.54) is 0 Å². The van der Waals surface area contributed by atoms with Crippen LogP contribution in [0.1, 0.15) is 24.5 Å². The van der Waals surface area contributed by atoms with E-state index in [4.69, 9.17) is 4.74 Å². The third kappa shape index (κ3) is 4.40. The largest absolute Gasteiger partial charge is 0.466 e. The number of halogens is 2. The van der Waals surface area contributed by atoms with Crippen LogP contribution in [0.4, 0.5) is 8.78 Å². The molecule has 1 unspecified atom stereocenters. The van der Waals surface area contributed by atoms with Crippen LogP contribution in [0.3, 0.4) is 0 Å². The average molecular weight is 430 g/mol. The highest BCUT2D eigenvalue weighted by atomic mass is 19.3. The molecule has 0 saturated heterocycles. The number of carbonyl (C=O) groups is 1. The zero-order valence-electron chi connectivity index (χ0n) is 17.8. The minimum Gasteiger partial charge on any atom is -0.466 e. The summed E-state index contributed by atoms with van der Waals surface area (Å²) >= 11 is 0. The quantitative estimate of drug-likeness (QED) is 0.495. The van der Waals surface area contributed by atoms with Crippen LogP contribution in [0, 0.1) is 5.92 Å². The summed E-state index contributed by atoms with van der Waals surface area (Å²) in [7, 11) is 0. The molecule has 4 rings (SSSR count). The van der Waals surface area contributed by atoms with Crippen LogP contribution in [0.2, 0.25) is 0 Å². The van der Waals surface area contributed by atoms with Gasteiger partial charge in [-0.15, -0.1) is 0 Å². The van der Waals surface area contributed by atoms with Crippen molar-refractivity contribution in [2.45, 2.75) is 19.8 Å². The van der Waals surface area contributed by atoms with Crippen molar-refractivity contribution in [2.24, 2.45) is 5.92 Å². The van der Waals surface area contributed by atoms with Crippen molar-refractivity contribution in [1.29, 1.82) is 0 Å². The molecular formula is C28H24F2O2. The molecule has 32 heavy (non-hydrogen) atoms. The Balaban J connectivity index is 2.02. The lowest BCUT2D eigenvalue weighted by Crippen LogP contribution is -2.28. The van der Waals surface area contributed by atoms with E-state index in [0.29, 0.717) is 5.57 Å². The molecule has 0 saturated carbocycles. The molecule has 2 nitrogen and oxygen atoms in total. The molecule has 1 aliphatic rings. The molecule has 0 fully saturated rings. The fraction of sp³-hybridized carbons (Fsp3) is 0.179. The molecule has 0 bridgehead atoms. The number of ether oxygens (including phenoxy) is 1. The van der Waals surface area contributed by atoms with Gasteiger partial charge in [0.2, 0.25) is 6.43 Å². The summed E-state index contributed by atoms with van der Waals surface area (Å²) in [6.45, 7) is 1.84. The first-order valence-corrected chi connectivity index (χ1v) is 10.7. The third-order valence-electron chi connectivity index (χ3n) is 5.60. The summed E-state index contributed by atoms with van der Waals surface area (Å²) < 4.78 is 33.9. The molecule has 3 aromatic rings. The predicted molar refractivity (Wildman–Crippen MR) is 123 cm³/mol. The fourth-order valence-electron chi connectivity index (χ4n) is 4.26. The van der Waals surface area contributed by atoms with Gasteiger partial charge in [0, 0.05) is 0 Å². The molecule has 0 spiro atoms. The maximum Gasteiger partial charge on any atom is 0.306 e. The smallest absolute Gasteiger partial charge is 0.306 e. The van der Waals surface area contributed by atoms with Gasteiger partial charge in [-0.3, -0.25) is 4.79 Å². The second kappa shape index (κ2) is 9.73. The number of allylic oxidation sites excluding steroid dienone is 1. The zero-order chi connectivity index (χ0) is 22.5. The van der Waals surface area contributed by atoms with Gasteiger partial charge in [-0.1, -0.05) is 84.9 Å². The lowest BCUT2D eigenvalue weighted by Gasteiger charge is -2.22. The topological polar surface area (TPSA) is 26.3 Å². The van der Waals surface area contributed by atoms with Crippen LogP contribution in [0.25, 0.3) is 17.2 Å². The standard InChI is InChI=1S/C28H24F2O2/c1-2-32-25(31)18-24(28(29)30)27-22-16-10-9-15-21(22)17-23(27)26(19-11-5-3-6-12-19)20-13-7-4-8-14-20/h3-17,24,28H,2,18H2,1H3. The van der Waals surface area contributed by atoms with Crippen molar-refractivity contribution in [3.8, 4) is 0 Å². The van der Waals surface area contributed by atoms with Gasteiger partial charge >= 0.3 is 5.97 Å². The van der Waals surface area contributed by atoms with Gasteiger partial charge in [-0.25, -0.2) is 8.78 Å². The van der Waals surface area contributed by atoms with Crippen LogP contribution in [-0.4, -0.2) is 19.0 Å². The first kappa shape index (κ1) is 21.7. The Kier molecular flexibility index (Phi) is 6.60. The highest BCUT2D eigenvalue weighted by Gasteiger charge is 2.33. The van der Waals surface area contributed by atoms with E-state index in [1.807, 2.05) is 91.0 Å². The summed E-state index contributed by atoms with van der Waals surface area (Å²) in [4.78, 5) is 12.2. The van der Waals surface area contributed by atoms with Crippen molar-refractivity contribution >= 4 is 23.2 Å². The van der Waals surface area contributed by atoms with Gasteiger partial charge in [0.25, 0.3) is 0 Å². The molecule has 4 heteroatoms. The lowest BCUT2D eigenvalue weighted by atomic mass is 9.84. The van der Waals surface area contributed by atoms with Crippen LogP contribution in [0.15, 0.2) is 90.5 Å². The fourth-order valence-corrected chi connectivity index (χ4v) is 4.26. The number of esters is 1. The van der Waals surface area contributed by atoms with Gasteiger partial charge in [-0.2, -0.15) is 0 Å². The molecule has 0 amide bonds. The number of benzene rings is 3. The summed E-state index contributed by atoms with van der Waals surface area (Å²) in [5, 5.41) is 1.61. The number of alkyl halides is 2. The minimum atomic E-state index is -2.71. The molecule has 0 radical (unpaired) electrons. The van der Waals surface area contributed by atoms with E-state index in [2.05, 4.69) is 0 Å². The number of hydrogen-bond acceptors (Lipinski definition) is 2. The second-order valence-electron chi connectivity index (χ2n) is 7.62. The maximum absolute atomic E-state index is 14.4. The van der Waals surface area contributed by atoms with Gasteiger partial charge in [0.15, 0.2) is 0 Å². The molecular weight excluding hydrogens is 406 g/mol. The summed E-state index contributed by atoms with van der Waals surface area (Å²) in [6.07, 6.45) is -1.12. The Morgan fingerprint density at radius 2 is 1.41 bits per heavy atom. The molecule has 0 N–H and O–H groups in total. The van der Waals surface area contributed by atoms with Gasteiger partial charge < -0.3 is 4.74 Å². The Morgan fingerprint density at radius 3 is 1.97 bits per heavy atom. The van der Waals surface area contributed by atoms with E-state index in [-0.39, 0.29) is 13.0 Å². The normalized spacial score (nSPS) is 13.5. The molecule has 1 atom stereocenters. The average Bonchev–Trinajstić information content (AvgIpc) is 3.18. The highest BCUT2D eigenvalue weighted by Crippen LogP contribution is 2.38. The predicted octanol–water partition coefficient (Wildman–Crippen LogP) is 4.97. The maximum atomic E-state index is 14.4. The number of fused-ring (bicyclic) bond motifs is 1. The van der Waals surface area contributed by atoms with Crippen molar-refractivity contribution in [1.82, 2.24) is 0 Å². The Hall–Kier alpha value is -3.53. The van der Waals surface area contributed by atoms with E-state index >= 15 is 0 Å². The molecule has 0 heterocycles. The zero-order valence-corrected chi connectivity index (χ0v) is 17.8. The summed E-state index contributed by atoms with van der Waals surface area (Å²) in [5.74, 6) is -1.89. The van der Waals surface area contributed by atoms with E-state index in [1.54, 1.807) is 6.92 Å². The van der Waals surface area contributed by atoms with E-state index in [9.17, 15) is 13.6 Å². The lowest BCUT2D eigenvalue weighted by molar-refractivity contribution is -0.144. The first-order valence-electron chi connectivity index (χ1n) is 10.7. The molecule has 1 aliphatic carbocycles. The van der Waals surface area contributed by atoms with E-state index in [0.717, 1.165) is 32.7 Å². The van der Waals surface area contributed by atoms with Gasteiger partial charge in [0.05, 0.1) is 18.9 Å². The van der Waals surface area contributed by atoms with Crippen LogP contribution in [0.5, 0.6) is 0 Å². The van der Waals surface area contributed by atoms with E-state index < -0.39 is 18.3 Å². The number of hydrogen-bond donors (Lipinski definition) is 0. The Morgan fingerprint density at radius 1 is 0.844 bits per heavy atom. The second-order valence-corrected chi connectivity index (χ2v) is 7.62. The van der Waals surface area contributed by atoms with Crippen LogP contribution in [-0.2, 0) is 9.53 Å². The molecule has 0 aliphatic heterocycles. The van der Waals surface area contributed by atoms with Crippen molar-refractivity contribution in [3.05, 3.63) is 112 Å². The van der Waals surface area contributed by atoms with Crippen LogP contribution >= 0.6 is 0 Å². The summed E-state index contributed by atoms with van der Waals surface area (Å²) in [6, 6.07) is 27.0. The van der Waals surface area contributed by atoms with Crippen LogP contribution < -0.4 is 10.4 Å². The molecule has 0 aromatic heterocycles. The number of carbonyl (C=O) groups excluding carboxylic acids is 1. The third-order valence-corrected chi connectivity index (χ3v) is 5.60. The summed E-state index contributed by atoms with van der Waals surface area (Å²) in [5.41, 5.74) is 3.94.